The van der Waals surface area contributed by atoms with Crippen LogP contribution in [0.1, 0.15) is 38.7 Å². The van der Waals surface area contributed by atoms with E-state index >= 15 is 0 Å². The fraction of sp³-hybridized carbons (Fsp3) is 0.174. The van der Waals surface area contributed by atoms with Gasteiger partial charge in [0.1, 0.15) is 6.10 Å². The lowest BCUT2D eigenvalue weighted by Crippen LogP contribution is -2.15. The van der Waals surface area contributed by atoms with Gasteiger partial charge < -0.3 is 5.11 Å². The second-order valence-corrected chi connectivity index (χ2v) is 7.20. The lowest BCUT2D eigenvalue weighted by atomic mass is 9.92. The van der Waals surface area contributed by atoms with Gasteiger partial charge in [0.15, 0.2) is 11.1 Å². The zero-order chi connectivity index (χ0) is 19.8. The van der Waals surface area contributed by atoms with E-state index in [0.29, 0.717) is 11.1 Å². The third-order valence-electron chi connectivity index (χ3n) is 4.18. The second-order valence-electron chi connectivity index (χ2n) is 6.42. The highest BCUT2D eigenvalue weighted by molar-refractivity contribution is 7.34. The summed E-state index contributed by atoms with van der Waals surface area (Å²) in [7, 11) is -0.320. The normalized spacial score (nSPS) is 11.4. The molecule has 27 heavy (non-hydrogen) atoms. The van der Waals surface area contributed by atoms with Crippen molar-refractivity contribution in [2.24, 2.45) is 0 Å². The molecule has 1 N–H and O–H groups in total. The van der Waals surface area contributed by atoms with Crippen LogP contribution in [0.2, 0.25) is 0 Å². The van der Waals surface area contributed by atoms with Gasteiger partial charge in [0.2, 0.25) is 0 Å². The third kappa shape index (κ3) is 5.68. The van der Waals surface area contributed by atoms with Crippen molar-refractivity contribution in [2.45, 2.75) is 26.9 Å². The van der Waals surface area contributed by atoms with Crippen LogP contribution in [0, 0.1) is 20.8 Å². The molecule has 0 saturated carbocycles. The molecule has 3 aromatic carbocycles. The summed E-state index contributed by atoms with van der Waals surface area (Å²) in [6.07, 6.45) is -1.10. The number of carbonyl (C=O) groups excluding carboxylic acids is 1. The van der Waals surface area contributed by atoms with Crippen molar-refractivity contribution in [2.75, 3.05) is 0 Å². The summed E-state index contributed by atoms with van der Waals surface area (Å²) in [6, 6.07) is 22.3. The summed E-state index contributed by atoms with van der Waals surface area (Å²) in [5.41, 5.74) is 4.21. The Balaban J connectivity index is 0.000000273. The molecule has 3 rings (SSSR count). The third-order valence-corrected chi connectivity index (χ3v) is 4.75. The molecule has 0 aliphatic rings. The van der Waals surface area contributed by atoms with Gasteiger partial charge in [0.25, 0.3) is 0 Å². The summed E-state index contributed by atoms with van der Waals surface area (Å²) >= 11 is 0. The molecule has 3 nitrogen and oxygen atoms in total. The van der Waals surface area contributed by atoms with E-state index in [1.165, 1.54) is 0 Å². The fourth-order valence-electron chi connectivity index (χ4n) is 3.00. The summed E-state index contributed by atoms with van der Waals surface area (Å²) in [5, 5.41) is 11.1. The summed E-state index contributed by atoms with van der Waals surface area (Å²) in [4.78, 5) is 12.4. The zero-order valence-corrected chi connectivity index (χ0v) is 16.8. The predicted molar refractivity (Wildman–Crippen MR) is 111 cm³/mol. The molecule has 0 bridgehead atoms. The minimum Gasteiger partial charge on any atom is -0.380 e. The SMILES string of the molecule is Cc1cc(C)c(C(=O)C(O)c2ccccc2)c(C)c1.O=[PH+]c1ccccc1. The maximum Gasteiger partial charge on any atom is 0.363 e. The summed E-state index contributed by atoms with van der Waals surface area (Å²) in [6.45, 7) is 5.82. The lowest BCUT2D eigenvalue weighted by molar-refractivity contribution is 0.0746. The number of Topliss-reactive ketones (excluding diaryl/α,β-unsaturated/α-hetero) is 1. The maximum atomic E-state index is 12.4. The van der Waals surface area contributed by atoms with Crippen molar-refractivity contribution in [3.8, 4) is 0 Å². The molecule has 2 atom stereocenters. The van der Waals surface area contributed by atoms with Gasteiger partial charge >= 0.3 is 8.46 Å². The van der Waals surface area contributed by atoms with E-state index in [1.807, 2.05) is 81.4 Å². The van der Waals surface area contributed by atoms with E-state index < -0.39 is 6.10 Å². The van der Waals surface area contributed by atoms with Gasteiger partial charge in [-0.05, 0) is 49.6 Å². The molecule has 0 aliphatic heterocycles. The minimum absolute atomic E-state index is 0.235. The van der Waals surface area contributed by atoms with Crippen LogP contribution in [0.4, 0.5) is 0 Å². The first-order chi connectivity index (χ1) is 12.9. The van der Waals surface area contributed by atoms with Crippen LogP contribution in [-0.2, 0) is 4.57 Å². The highest BCUT2D eigenvalue weighted by atomic mass is 31.1. The highest BCUT2D eigenvalue weighted by Crippen LogP contribution is 2.24. The van der Waals surface area contributed by atoms with Crippen LogP contribution in [0.3, 0.4) is 0 Å². The Bertz CT molecular complexity index is 882. The molecule has 0 radical (unpaired) electrons. The molecule has 0 amide bonds. The Hall–Kier alpha value is -2.61. The van der Waals surface area contributed by atoms with Crippen LogP contribution >= 0.6 is 8.46 Å². The van der Waals surface area contributed by atoms with Crippen LogP contribution in [0.15, 0.2) is 72.8 Å². The first kappa shape index (κ1) is 20.7. The number of ketones is 1. The minimum atomic E-state index is -1.10. The predicted octanol–water partition coefficient (Wildman–Crippen LogP) is 4.86. The number of aryl methyl sites for hydroxylation is 3. The average molecular weight is 379 g/mol. The van der Waals surface area contributed by atoms with Gasteiger partial charge in [0.05, 0.1) is 0 Å². The van der Waals surface area contributed by atoms with Crippen molar-refractivity contribution >= 4 is 19.5 Å². The molecule has 0 heterocycles. The molecule has 4 heteroatoms. The Morgan fingerprint density at radius 1 is 0.852 bits per heavy atom. The number of carbonyl (C=O) groups is 1. The van der Waals surface area contributed by atoms with Crippen molar-refractivity contribution in [3.05, 3.63) is 101 Å². The van der Waals surface area contributed by atoms with Crippen LogP contribution < -0.4 is 5.30 Å². The van der Waals surface area contributed by atoms with E-state index in [9.17, 15) is 14.5 Å². The van der Waals surface area contributed by atoms with Gasteiger partial charge in [-0.25, -0.2) is 0 Å². The standard InChI is InChI=1S/C17H18O2.C6H5OP/c1-11-9-12(2)15(13(3)10-11)17(19)16(18)14-7-5-4-6-8-14;7-8-6-4-2-1-3-5-6/h4-10,16,18H,1-3H3;1-5H/p+1. The molecule has 0 fully saturated rings. The second kappa shape index (κ2) is 9.91. The first-order valence-electron chi connectivity index (χ1n) is 8.72. The van der Waals surface area contributed by atoms with Gasteiger partial charge in [-0.2, -0.15) is 0 Å². The van der Waals surface area contributed by atoms with Gasteiger partial charge in [0, 0.05) is 5.56 Å². The monoisotopic (exact) mass is 379 g/mol. The van der Waals surface area contributed by atoms with Crippen molar-refractivity contribution in [3.63, 3.8) is 0 Å². The Labute approximate surface area is 161 Å². The molecule has 0 saturated heterocycles. The van der Waals surface area contributed by atoms with E-state index in [0.717, 1.165) is 22.0 Å². The van der Waals surface area contributed by atoms with E-state index in [2.05, 4.69) is 0 Å². The molecule has 0 aromatic heterocycles. The number of hydrogen-bond donors (Lipinski definition) is 1. The average Bonchev–Trinajstić information content (AvgIpc) is 2.68. The number of hydrogen-bond acceptors (Lipinski definition) is 3. The quantitative estimate of drug-likeness (QED) is 0.520. The number of aliphatic hydroxyl groups is 1. The van der Waals surface area contributed by atoms with E-state index in [-0.39, 0.29) is 14.2 Å². The first-order valence-corrected chi connectivity index (χ1v) is 9.63. The van der Waals surface area contributed by atoms with Crippen molar-refractivity contribution < 1.29 is 14.5 Å². The summed E-state index contributed by atoms with van der Waals surface area (Å²) in [5.74, 6) is -0.235. The Kier molecular flexibility index (Phi) is 7.60. The molecule has 3 aromatic rings. The Morgan fingerprint density at radius 2 is 1.33 bits per heavy atom. The molecular weight excluding hydrogens is 355 g/mol. The number of benzene rings is 3. The van der Waals surface area contributed by atoms with E-state index in [4.69, 9.17) is 0 Å². The van der Waals surface area contributed by atoms with Crippen LogP contribution in [-0.4, -0.2) is 10.9 Å². The fourth-order valence-corrected chi connectivity index (χ4v) is 3.33. The van der Waals surface area contributed by atoms with Crippen molar-refractivity contribution in [1.29, 1.82) is 0 Å². The zero-order valence-electron chi connectivity index (χ0n) is 15.8. The Morgan fingerprint density at radius 3 is 1.78 bits per heavy atom. The molecule has 0 spiro atoms. The maximum absolute atomic E-state index is 12.4. The van der Waals surface area contributed by atoms with Gasteiger partial charge in [-0.15, -0.1) is 0 Å². The highest BCUT2D eigenvalue weighted by Gasteiger charge is 2.22. The molecule has 0 aliphatic carbocycles. The smallest absolute Gasteiger partial charge is 0.363 e. The summed E-state index contributed by atoms with van der Waals surface area (Å²) < 4.78 is 10.2. The van der Waals surface area contributed by atoms with Crippen LogP contribution in [0.25, 0.3) is 0 Å². The topological polar surface area (TPSA) is 54.4 Å². The van der Waals surface area contributed by atoms with Gasteiger partial charge in [-0.1, -0.05) is 70.8 Å². The van der Waals surface area contributed by atoms with E-state index in [1.54, 1.807) is 12.1 Å². The van der Waals surface area contributed by atoms with Crippen molar-refractivity contribution in [1.82, 2.24) is 0 Å². The van der Waals surface area contributed by atoms with Crippen LogP contribution in [0.5, 0.6) is 0 Å². The molecular formula is C23H24O3P+. The number of aliphatic hydroxyl groups excluding tert-OH is 1. The van der Waals surface area contributed by atoms with Gasteiger partial charge in [-0.3, -0.25) is 4.79 Å². The molecule has 2 unspecified atom stereocenters. The largest absolute Gasteiger partial charge is 0.380 e. The lowest BCUT2D eigenvalue weighted by Gasteiger charge is -2.14. The number of rotatable bonds is 4. The molecule has 138 valence electrons.